The maximum atomic E-state index is 3.48. The van der Waals surface area contributed by atoms with E-state index in [-0.39, 0.29) is 0 Å². The van der Waals surface area contributed by atoms with E-state index < -0.39 is 0 Å². The second-order valence-electron chi connectivity index (χ2n) is 4.89. The average Bonchev–Trinajstić information content (AvgIpc) is 2.18. The molecule has 1 saturated carbocycles. The van der Waals surface area contributed by atoms with Crippen LogP contribution in [-0.2, 0) is 0 Å². The zero-order valence-electron chi connectivity index (χ0n) is 9.72. The van der Waals surface area contributed by atoms with E-state index in [1.165, 1.54) is 25.7 Å². The van der Waals surface area contributed by atoms with Gasteiger partial charge in [-0.05, 0) is 50.4 Å². The molecule has 0 bridgehead atoms. The fraction of sp³-hybridized carbons (Fsp3) is 0.846. The van der Waals surface area contributed by atoms with Crippen LogP contribution in [-0.4, -0.2) is 5.33 Å². The molecule has 0 aromatic heterocycles. The SMILES string of the molecule is CC(=CCCBr)C1CCC(C)C(C)C1. The van der Waals surface area contributed by atoms with Crippen LogP contribution in [0.15, 0.2) is 11.6 Å². The summed E-state index contributed by atoms with van der Waals surface area (Å²) < 4.78 is 0. The van der Waals surface area contributed by atoms with Crippen molar-refractivity contribution < 1.29 is 0 Å². The highest BCUT2D eigenvalue weighted by molar-refractivity contribution is 9.09. The minimum atomic E-state index is 0.875. The highest BCUT2D eigenvalue weighted by atomic mass is 79.9. The first kappa shape index (κ1) is 12.3. The highest BCUT2D eigenvalue weighted by Gasteiger charge is 2.24. The van der Waals surface area contributed by atoms with Crippen molar-refractivity contribution in [2.45, 2.75) is 46.5 Å². The molecule has 3 unspecified atom stereocenters. The molecular formula is C13H23Br. The smallest absolute Gasteiger partial charge is 0.00660 e. The third-order valence-electron chi connectivity index (χ3n) is 3.82. The summed E-state index contributed by atoms with van der Waals surface area (Å²) in [5.41, 5.74) is 1.63. The summed E-state index contributed by atoms with van der Waals surface area (Å²) in [6, 6.07) is 0. The van der Waals surface area contributed by atoms with Gasteiger partial charge in [-0.1, -0.05) is 41.4 Å². The van der Waals surface area contributed by atoms with Gasteiger partial charge >= 0.3 is 0 Å². The summed E-state index contributed by atoms with van der Waals surface area (Å²) in [5, 5.41) is 1.10. The highest BCUT2D eigenvalue weighted by Crippen LogP contribution is 2.36. The van der Waals surface area contributed by atoms with E-state index in [0.29, 0.717) is 0 Å². The van der Waals surface area contributed by atoms with E-state index in [9.17, 15) is 0 Å². The Morgan fingerprint density at radius 3 is 2.57 bits per heavy atom. The summed E-state index contributed by atoms with van der Waals surface area (Å²) in [7, 11) is 0. The monoisotopic (exact) mass is 258 g/mol. The lowest BCUT2D eigenvalue weighted by Crippen LogP contribution is -2.21. The van der Waals surface area contributed by atoms with Crippen molar-refractivity contribution in [1.82, 2.24) is 0 Å². The van der Waals surface area contributed by atoms with E-state index in [4.69, 9.17) is 0 Å². The summed E-state index contributed by atoms with van der Waals surface area (Å²) in [6.45, 7) is 7.13. The molecule has 0 heterocycles. The molecular weight excluding hydrogens is 236 g/mol. The van der Waals surface area contributed by atoms with Gasteiger partial charge < -0.3 is 0 Å². The predicted molar refractivity (Wildman–Crippen MR) is 67.8 cm³/mol. The molecule has 0 nitrogen and oxygen atoms in total. The Morgan fingerprint density at radius 2 is 2.00 bits per heavy atom. The molecule has 0 aliphatic heterocycles. The van der Waals surface area contributed by atoms with Crippen LogP contribution in [0.4, 0.5) is 0 Å². The van der Waals surface area contributed by atoms with Gasteiger partial charge in [-0.15, -0.1) is 0 Å². The largest absolute Gasteiger partial charge is 0.0925 e. The van der Waals surface area contributed by atoms with Crippen LogP contribution in [0.25, 0.3) is 0 Å². The topological polar surface area (TPSA) is 0 Å². The minimum Gasteiger partial charge on any atom is -0.0925 e. The number of alkyl halides is 1. The van der Waals surface area contributed by atoms with Crippen molar-refractivity contribution in [1.29, 1.82) is 0 Å². The Morgan fingerprint density at radius 1 is 1.29 bits per heavy atom. The second kappa shape index (κ2) is 5.95. The molecule has 0 spiro atoms. The molecule has 0 aromatic rings. The first-order valence-corrected chi connectivity index (χ1v) is 7.00. The van der Waals surface area contributed by atoms with Gasteiger partial charge in [0.05, 0.1) is 0 Å². The average molecular weight is 259 g/mol. The molecule has 82 valence electrons. The molecule has 1 aliphatic rings. The van der Waals surface area contributed by atoms with E-state index in [0.717, 1.165) is 23.1 Å². The zero-order valence-corrected chi connectivity index (χ0v) is 11.3. The van der Waals surface area contributed by atoms with Gasteiger partial charge in [0.25, 0.3) is 0 Å². The molecule has 3 atom stereocenters. The van der Waals surface area contributed by atoms with Crippen LogP contribution in [0.3, 0.4) is 0 Å². The van der Waals surface area contributed by atoms with E-state index in [1.807, 2.05) is 0 Å². The molecule has 14 heavy (non-hydrogen) atoms. The van der Waals surface area contributed by atoms with Crippen LogP contribution in [0.5, 0.6) is 0 Å². The molecule has 1 fully saturated rings. The van der Waals surface area contributed by atoms with Crippen LogP contribution < -0.4 is 0 Å². The van der Waals surface area contributed by atoms with Gasteiger partial charge in [0, 0.05) is 5.33 Å². The van der Waals surface area contributed by atoms with Crippen molar-refractivity contribution in [3.05, 3.63) is 11.6 Å². The Labute approximate surface area is 97.3 Å². The molecule has 0 N–H and O–H groups in total. The zero-order chi connectivity index (χ0) is 10.6. The summed E-state index contributed by atoms with van der Waals surface area (Å²) in [6.07, 6.45) is 7.85. The quantitative estimate of drug-likeness (QED) is 0.505. The normalized spacial score (nSPS) is 34.6. The first-order valence-electron chi connectivity index (χ1n) is 5.87. The molecule has 0 amide bonds. The molecule has 0 radical (unpaired) electrons. The van der Waals surface area contributed by atoms with Crippen molar-refractivity contribution in [2.24, 2.45) is 17.8 Å². The first-order chi connectivity index (χ1) is 6.65. The minimum absolute atomic E-state index is 0.875. The molecule has 1 rings (SSSR count). The Bertz CT molecular complexity index is 195. The number of allylic oxidation sites excluding steroid dienone is 2. The fourth-order valence-electron chi connectivity index (χ4n) is 2.41. The van der Waals surface area contributed by atoms with Crippen LogP contribution >= 0.6 is 15.9 Å². The van der Waals surface area contributed by atoms with Crippen LogP contribution in [0.2, 0.25) is 0 Å². The van der Waals surface area contributed by atoms with Crippen LogP contribution in [0, 0.1) is 17.8 Å². The van der Waals surface area contributed by atoms with Gasteiger partial charge in [0.15, 0.2) is 0 Å². The second-order valence-corrected chi connectivity index (χ2v) is 5.68. The number of rotatable bonds is 3. The maximum absolute atomic E-state index is 3.48. The van der Waals surface area contributed by atoms with Gasteiger partial charge in [0.1, 0.15) is 0 Å². The number of hydrogen-bond acceptors (Lipinski definition) is 0. The predicted octanol–water partition coefficient (Wildman–Crippen LogP) is 4.79. The van der Waals surface area contributed by atoms with Gasteiger partial charge in [-0.25, -0.2) is 0 Å². The number of hydrogen-bond donors (Lipinski definition) is 0. The van der Waals surface area contributed by atoms with Crippen molar-refractivity contribution in [3.63, 3.8) is 0 Å². The van der Waals surface area contributed by atoms with E-state index in [2.05, 4.69) is 42.8 Å². The summed E-state index contributed by atoms with van der Waals surface area (Å²) >= 11 is 3.48. The van der Waals surface area contributed by atoms with Crippen molar-refractivity contribution >= 4 is 15.9 Å². The number of halogens is 1. The summed E-state index contributed by atoms with van der Waals surface area (Å²) in [5.74, 6) is 2.73. The van der Waals surface area contributed by atoms with Crippen molar-refractivity contribution in [2.75, 3.05) is 5.33 Å². The van der Waals surface area contributed by atoms with E-state index in [1.54, 1.807) is 5.57 Å². The lowest BCUT2D eigenvalue weighted by atomic mass is 9.73. The standard InChI is InChI=1S/C13H23Br/c1-10-6-7-13(9-12(10)3)11(2)5-4-8-14/h5,10,12-13H,4,6-9H2,1-3H3. The Kier molecular flexibility index (Phi) is 5.22. The molecule has 0 saturated heterocycles. The maximum Gasteiger partial charge on any atom is 0.00660 e. The third kappa shape index (κ3) is 3.42. The lowest BCUT2D eigenvalue weighted by molar-refractivity contribution is 0.229. The Balaban J connectivity index is 2.45. The van der Waals surface area contributed by atoms with Gasteiger partial charge in [-0.3, -0.25) is 0 Å². The molecule has 0 aromatic carbocycles. The lowest BCUT2D eigenvalue weighted by Gasteiger charge is -2.32. The molecule has 1 heteroatoms. The van der Waals surface area contributed by atoms with Crippen LogP contribution in [0.1, 0.15) is 46.5 Å². The molecule has 1 aliphatic carbocycles. The van der Waals surface area contributed by atoms with Gasteiger partial charge in [0.2, 0.25) is 0 Å². The Hall–Kier alpha value is 0.220. The fourth-order valence-corrected chi connectivity index (χ4v) is 2.64. The van der Waals surface area contributed by atoms with Crippen molar-refractivity contribution in [3.8, 4) is 0 Å². The summed E-state index contributed by atoms with van der Waals surface area (Å²) in [4.78, 5) is 0. The van der Waals surface area contributed by atoms with E-state index >= 15 is 0 Å². The third-order valence-corrected chi connectivity index (χ3v) is 4.28. The van der Waals surface area contributed by atoms with Gasteiger partial charge in [-0.2, -0.15) is 0 Å².